The summed E-state index contributed by atoms with van der Waals surface area (Å²) in [6.07, 6.45) is 1.77. The van der Waals surface area contributed by atoms with Gasteiger partial charge in [0.15, 0.2) is 4.34 Å². The van der Waals surface area contributed by atoms with E-state index in [-0.39, 0.29) is 5.97 Å². The summed E-state index contributed by atoms with van der Waals surface area (Å²) in [5.74, 6) is 0.452. The Morgan fingerprint density at radius 1 is 1.43 bits per heavy atom. The van der Waals surface area contributed by atoms with Crippen LogP contribution >= 0.6 is 23.1 Å². The number of benzene rings is 1. The van der Waals surface area contributed by atoms with Crippen molar-refractivity contribution in [1.29, 1.82) is 0 Å². The predicted octanol–water partition coefficient (Wildman–Crippen LogP) is 3.21. The Bertz CT molecular complexity index is 611. The van der Waals surface area contributed by atoms with E-state index >= 15 is 0 Å². The van der Waals surface area contributed by atoms with E-state index in [0.29, 0.717) is 12.1 Å². The minimum Gasteiger partial charge on any atom is -0.465 e. The summed E-state index contributed by atoms with van der Waals surface area (Å²) in [7, 11) is 1.37. The summed E-state index contributed by atoms with van der Waals surface area (Å²) in [6.45, 7) is 4.31. The number of nitrogens with one attached hydrogen (secondary N) is 1. The van der Waals surface area contributed by atoms with Gasteiger partial charge in [0, 0.05) is 12.3 Å². The largest absolute Gasteiger partial charge is 0.465 e. The van der Waals surface area contributed by atoms with Crippen molar-refractivity contribution in [1.82, 2.24) is 10.2 Å². The number of ether oxygens (including phenoxy) is 1. The molecule has 0 unspecified atom stereocenters. The second kappa shape index (κ2) is 7.80. The molecule has 0 amide bonds. The van der Waals surface area contributed by atoms with Crippen LogP contribution in [0.5, 0.6) is 0 Å². The average molecular weight is 321 g/mol. The highest BCUT2D eigenvalue weighted by Gasteiger charge is 2.06. The minimum absolute atomic E-state index is 0.323. The quantitative estimate of drug-likeness (QED) is 0.480. The van der Waals surface area contributed by atoms with E-state index in [4.69, 9.17) is 0 Å². The van der Waals surface area contributed by atoms with Crippen LogP contribution in [0.2, 0.25) is 0 Å². The molecule has 0 atom stereocenters. The molecule has 0 radical (unpaired) electrons. The predicted molar refractivity (Wildman–Crippen MR) is 85.9 cm³/mol. The number of methoxy groups -OCH3 is 1. The van der Waals surface area contributed by atoms with Gasteiger partial charge in [-0.1, -0.05) is 41.3 Å². The van der Waals surface area contributed by atoms with E-state index in [0.717, 1.165) is 20.8 Å². The van der Waals surface area contributed by atoms with Gasteiger partial charge in [0.1, 0.15) is 0 Å². The third kappa shape index (κ3) is 4.57. The van der Waals surface area contributed by atoms with E-state index in [1.807, 2.05) is 12.1 Å². The summed E-state index contributed by atoms with van der Waals surface area (Å²) in [5, 5.41) is 12.0. The normalized spacial score (nSPS) is 10.1. The maximum atomic E-state index is 11.3. The number of hydrogen-bond donors (Lipinski definition) is 1. The third-order valence-electron chi connectivity index (χ3n) is 2.54. The van der Waals surface area contributed by atoms with Gasteiger partial charge in [0.05, 0.1) is 12.7 Å². The Morgan fingerprint density at radius 3 is 2.86 bits per heavy atom. The minimum atomic E-state index is -0.323. The molecule has 110 valence electrons. The van der Waals surface area contributed by atoms with E-state index in [1.54, 1.807) is 30.0 Å². The monoisotopic (exact) mass is 321 g/mol. The smallest absolute Gasteiger partial charge is 0.337 e. The third-order valence-corrected chi connectivity index (χ3v) is 4.63. The summed E-state index contributed by atoms with van der Waals surface area (Å²) < 4.78 is 5.57. The topological polar surface area (TPSA) is 64.1 Å². The lowest BCUT2D eigenvalue weighted by molar-refractivity contribution is 0.0600. The number of rotatable bonds is 7. The number of esters is 1. The van der Waals surface area contributed by atoms with Crippen LogP contribution in [0.4, 0.5) is 5.13 Å². The number of nitrogens with zero attached hydrogens (tertiary/aromatic N) is 2. The maximum absolute atomic E-state index is 11.3. The first-order valence-electron chi connectivity index (χ1n) is 6.21. The number of thioether (sulfide) groups is 1. The summed E-state index contributed by atoms with van der Waals surface area (Å²) in [5.41, 5.74) is 1.67. The molecule has 0 spiro atoms. The van der Waals surface area contributed by atoms with Gasteiger partial charge in [-0.25, -0.2) is 4.79 Å². The van der Waals surface area contributed by atoms with Gasteiger partial charge in [-0.3, -0.25) is 0 Å². The van der Waals surface area contributed by atoms with Gasteiger partial charge in [-0.2, -0.15) is 0 Å². The molecule has 1 aromatic carbocycles. The standard InChI is InChI=1S/C14H15N3O2S2/c1-3-8-15-13-16-17-14(21-13)20-9-10-4-6-11(7-5-10)12(18)19-2/h3-7H,1,8-9H2,2H3,(H,15,16). The molecule has 1 heterocycles. The Labute approximate surface area is 131 Å². The molecule has 2 aromatic rings. The summed E-state index contributed by atoms with van der Waals surface area (Å²) in [4.78, 5) is 11.3. The van der Waals surface area contributed by atoms with Crippen molar-refractivity contribution >= 4 is 34.2 Å². The first kappa shape index (κ1) is 15.5. The van der Waals surface area contributed by atoms with E-state index in [2.05, 4.69) is 26.8 Å². The van der Waals surface area contributed by atoms with Crippen LogP contribution in [0.15, 0.2) is 41.3 Å². The van der Waals surface area contributed by atoms with Crippen molar-refractivity contribution in [3.05, 3.63) is 48.0 Å². The molecule has 2 rings (SSSR count). The lowest BCUT2D eigenvalue weighted by Crippen LogP contribution is -2.00. The lowest BCUT2D eigenvalue weighted by Gasteiger charge is -2.01. The van der Waals surface area contributed by atoms with Crippen LogP contribution in [-0.2, 0) is 10.5 Å². The molecule has 7 heteroatoms. The fourth-order valence-corrected chi connectivity index (χ4v) is 3.21. The van der Waals surface area contributed by atoms with E-state index in [1.165, 1.54) is 18.4 Å². The molecule has 0 aliphatic carbocycles. The van der Waals surface area contributed by atoms with Gasteiger partial charge in [0.25, 0.3) is 0 Å². The zero-order valence-electron chi connectivity index (χ0n) is 11.5. The highest BCUT2D eigenvalue weighted by atomic mass is 32.2. The average Bonchev–Trinajstić information content (AvgIpc) is 2.98. The molecule has 21 heavy (non-hydrogen) atoms. The molecule has 0 saturated carbocycles. The van der Waals surface area contributed by atoms with Crippen molar-refractivity contribution in [2.24, 2.45) is 0 Å². The summed E-state index contributed by atoms with van der Waals surface area (Å²) >= 11 is 3.12. The Morgan fingerprint density at radius 2 is 2.19 bits per heavy atom. The molecule has 0 aliphatic heterocycles. The highest BCUT2D eigenvalue weighted by Crippen LogP contribution is 2.28. The zero-order chi connectivity index (χ0) is 15.1. The molecular weight excluding hydrogens is 306 g/mol. The molecule has 0 saturated heterocycles. The van der Waals surface area contributed by atoms with Gasteiger partial charge >= 0.3 is 5.97 Å². The van der Waals surface area contributed by atoms with Crippen molar-refractivity contribution in [3.8, 4) is 0 Å². The van der Waals surface area contributed by atoms with E-state index < -0.39 is 0 Å². The Hall–Kier alpha value is -1.86. The fourth-order valence-electron chi connectivity index (χ4n) is 1.50. The van der Waals surface area contributed by atoms with Crippen molar-refractivity contribution in [2.75, 3.05) is 19.0 Å². The van der Waals surface area contributed by atoms with Crippen LogP contribution < -0.4 is 5.32 Å². The number of carbonyl (C=O) groups excluding carboxylic acids is 1. The van der Waals surface area contributed by atoms with Crippen molar-refractivity contribution in [3.63, 3.8) is 0 Å². The fraction of sp³-hybridized carbons (Fsp3) is 0.214. The number of hydrogen-bond acceptors (Lipinski definition) is 7. The SMILES string of the molecule is C=CCNc1nnc(SCc2ccc(C(=O)OC)cc2)s1. The second-order valence-electron chi connectivity index (χ2n) is 4.02. The van der Waals surface area contributed by atoms with Gasteiger partial charge in [0.2, 0.25) is 5.13 Å². The van der Waals surface area contributed by atoms with Crippen LogP contribution in [0.3, 0.4) is 0 Å². The molecule has 1 aromatic heterocycles. The second-order valence-corrected chi connectivity index (χ2v) is 6.22. The highest BCUT2D eigenvalue weighted by molar-refractivity contribution is 8.00. The van der Waals surface area contributed by atoms with Crippen molar-refractivity contribution in [2.45, 2.75) is 10.1 Å². The number of anilines is 1. The number of carbonyl (C=O) groups is 1. The molecule has 1 N–H and O–H groups in total. The lowest BCUT2D eigenvalue weighted by atomic mass is 10.1. The maximum Gasteiger partial charge on any atom is 0.337 e. The molecule has 0 bridgehead atoms. The Kier molecular flexibility index (Phi) is 5.77. The Balaban J connectivity index is 1.89. The number of aromatic nitrogens is 2. The van der Waals surface area contributed by atoms with Gasteiger partial charge < -0.3 is 10.1 Å². The van der Waals surface area contributed by atoms with Gasteiger partial charge in [-0.15, -0.1) is 16.8 Å². The molecule has 5 nitrogen and oxygen atoms in total. The van der Waals surface area contributed by atoms with Crippen LogP contribution in [0.1, 0.15) is 15.9 Å². The summed E-state index contributed by atoms with van der Waals surface area (Å²) in [6, 6.07) is 7.35. The van der Waals surface area contributed by atoms with Crippen LogP contribution in [0, 0.1) is 0 Å². The van der Waals surface area contributed by atoms with Crippen molar-refractivity contribution < 1.29 is 9.53 Å². The van der Waals surface area contributed by atoms with Crippen LogP contribution in [0.25, 0.3) is 0 Å². The molecule has 0 fully saturated rings. The zero-order valence-corrected chi connectivity index (χ0v) is 13.2. The first-order chi connectivity index (χ1) is 10.2. The first-order valence-corrected chi connectivity index (χ1v) is 8.01. The van der Waals surface area contributed by atoms with Gasteiger partial charge in [-0.05, 0) is 17.7 Å². The molecular formula is C14H15N3O2S2. The molecule has 0 aliphatic rings. The van der Waals surface area contributed by atoms with Crippen LogP contribution in [-0.4, -0.2) is 29.8 Å². The van der Waals surface area contributed by atoms with E-state index in [9.17, 15) is 4.79 Å².